The predicted octanol–water partition coefficient (Wildman–Crippen LogP) is 2.35. The number of aromatic nitrogens is 4. The van der Waals surface area contributed by atoms with Crippen molar-refractivity contribution in [2.45, 2.75) is 13.0 Å². The fourth-order valence-corrected chi connectivity index (χ4v) is 2.03. The molecule has 0 fully saturated rings. The smallest absolute Gasteiger partial charge is 0.265 e. The Bertz CT molecular complexity index is 869. The lowest BCUT2D eigenvalue weighted by molar-refractivity contribution is -0.122. The van der Waals surface area contributed by atoms with Gasteiger partial charge in [-0.2, -0.15) is 0 Å². The Labute approximate surface area is 141 Å². The van der Waals surface area contributed by atoms with Crippen molar-refractivity contribution in [1.29, 1.82) is 0 Å². The quantitative estimate of drug-likeness (QED) is 0.768. The highest BCUT2D eigenvalue weighted by atomic mass is 19.2. The second kappa shape index (κ2) is 7.04. The highest BCUT2D eigenvalue weighted by Crippen LogP contribution is 2.17. The molecule has 1 heterocycles. The Hall–Kier alpha value is -3.36. The van der Waals surface area contributed by atoms with E-state index in [0.717, 1.165) is 17.8 Å². The predicted molar refractivity (Wildman–Crippen MR) is 84.2 cm³/mol. The maximum atomic E-state index is 13.2. The van der Waals surface area contributed by atoms with Gasteiger partial charge in [-0.1, -0.05) is 0 Å². The molecule has 3 aromatic rings. The van der Waals surface area contributed by atoms with Crippen LogP contribution in [0.3, 0.4) is 0 Å². The highest BCUT2D eigenvalue weighted by molar-refractivity contribution is 5.94. The van der Waals surface area contributed by atoms with Crippen LogP contribution in [0.2, 0.25) is 0 Å². The van der Waals surface area contributed by atoms with Crippen molar-refractivity contribution in [1.82, 2.24) is 20.2 Å². The number of nitrogens with zero attached hydrogens (tertiary/aromatic N) is 4. The Morgan fingerprint density at radius 1 is 1.16 bits per heavy atom. The van der Waals surface area contributed by atoms with E-state index in [9.17, 15) is 13.6 Å². The lowest BCUT2D eigenvalue weighted by atomic mass is 10.2. The summed E-state index contributed by atoms with van der Waals surface area (Å²) in [6.07, 6.45) is 0.611. The molecular weight excluding hydrogens is 332 g/mol. The largest absolute Gasteiger partial charge is 0.481 e. The molecule has 0 aliphatic rings. The summed E-state index contributed by atoms with van der Waals surface area (Å²) in [5.41, 5.74) is 0.879. The summed E-state index contributed by atoms with van der Waals surface area (Å²) < 4.78 is 33.1. The number of amides is 1. The number of rotatable bonds is 5. The summed E-state index contributed by atoms with van der Waals surface area (Å²) in [5, 5.41) is 13.3. The molecule has 0 saturated heterocycles. The van der Waals surface area contributed by atoms with Gasteiger partial charge in [0.25, 0.3) is 5.91 Å². The number of benzene rings is 2. The average Bonchev–Trinajstić information content (AvgIpc) is 3.13. The van der Waals surface area contributed by atoms with Crippen LogP contribution in [0.4, 0.5) is 14.5 Å². The van der Waals surface area contributed by atoms with Gasteiger partial charge in [0.15, 0.2) is 17.7 Å². The molecule has 1 amide bonds. The third-order valence-electron chi connectivity index (χ3n) is 3.32. The Kier molecular flexibility index (Phi) is 4.64. The number of hydrogen-bond donors (Lipinski definition) is 1. The summed E-state index contributed by atoms with van der Waals surface area (Å²) in [4.78, 5) is 12.1. The number of ether oxygens (including phenoxy) is 1. The van der Waals surface area contributed by atoms with E-state index in [1.165, 1.54) is 17.1 Å². The highest BCUT2D eigenvalue weighted by Gasteiger charge is 2.16. The molecule has 1 N–H and O–H groups in total. The number of carbonyl (C=O) groups is 1. The van der Waals surface area contributed by atoms with E-state index in [1.54, 1.807) is 31.2 Å². The van der Waals surface area contributed by atoms with E-state index in [1.807, 2.05) is 0 Å². The molecule has 1 atom stereocenters. The first-order chi connectivity index (χ1) is 12.0. The minimum Gasteiger partial charge on any atom is -0.481 e. The van der Waals surface area contributed by atoms with Gasteiger partial charge in [0.1, 0.15) is 12.1 Å². The van der Waals surface area contributed by atoms with Crippen LogP contribution in [0.25, 0.3) is 5.69 Å². The topological polar surface area (TPSA) is 81.9 Å². The zero-order valence-electron chi connectivity index (χ0n) is 13.1. The minimum atomic E-state index is -1.04. The van der Waals surface area contributed by atoms with E-state index in [2.05, 4.69) is 20.8 Å². The van der Waals surface area contributed by atoms with Crippen LogP contribution in [0.1, 0.15) is 6.92 Å². The molecule has 0 saturated carbocycles. The maximum Gasteiger partial charge on any atom is 0.265 e. The van der Waals surface area contributed by atoms with Gasteiger partial charge in [0, 0.05) is 11.8 Å². The Morgan fingerprint density at radius 3 is 2.56 bits per heavy atom. The van der Waals surface area contributed by atoms with Crippen LogP contribution < -0.4 is 10.1 Å². The fourth-order valence-electron chi connectivity index (χ4n) is 2.03. The second-order valence-corrected chi connectivity index (χ2v) is 5.13. The lowest BCUT2D eigenvalue weighted by Crippen LogP contribution is -2.30. The van der Waals surface area contributed by atoms with Crippen LogP contribution in [0, 0.1) is 11.6 Å². The molecule has 3 rings (SSSR count). The van der Waals surface area contributed by atoms with Crippen LogP contribution in [0.5, 0.6) is 5.75 Å². The summed E-state index contributed by atoms with van der Waals surface area (Å²) in [7, 11) is 0. The molecule has 128 valence electrons. The normalized spacial score (nSPS) is 11.8. The molecule has 9 heteroatoms. The molecule has 0 aliphatic carbocycles. The number of tetrazole rings is 1. The standard InChI is InChI=1S/C16H13F2N5O2/c1-10(16(24)20-11-2-7-14(17)15(18)8-11)25-13-5-3-12(4-6-13)23-9-19-21-22-23/h2-10H,1H3,(H,20,24). The second-order valence-electron chi connectivity index (χ2n) is 5.13. The van der Waals surface area contributed by atoms with Crippen molar-refractivity contribution in [3.05, 3.63) is 60.4 Å². The van der Waals surface area contributed by atoms with E-state index in [-0.39, 0.29) is 5.69 Å². The number of anilines is 1. The van der Waals surface area contributed by atoms with E-state index < -0.39 is 23.6 Å². The van der Waals surface area contributed by atoms with Gasteiger partial charge in [0.2, 0.25) is 0 Å². The molecule has 0 aliphatic heterocycles. The first-order valence-electron chi connectivity index (χ1n) is 7.29. The molecule has 0 radical (unpaired) electrons. The number of carbonyl (C=O) groups excluding carboxylic acids is 1. The van der Waals surface area contributed by atoms with Gasteiger partial charge in [-0.3, -0.25) is 4.79 Å². The lowest BCUT2D eigenvalue weighted by Gasteiger charge is -2.15. The van der Waals surface area contributed by atoms with Crippen molar-refractivity contribution in [2.24, 2.45) is 0 Å². The summed E-state index contributed by atoms with van der Waals surface area (Å²) in [6, 6.07) is 9.90. The molecule has 1 aromatic heterocycles. The monoisotopic (exact) mass is 345 g/mol. The fraction of sp³-hybridized carbons (Fsp3) is 0.125. The number of halogens is 2. The summed E-state index contributed by atoms with van der Waals surface area (Å²) in [6.45, 7) is 1.55. The van der Waals surface area contributed by atoms with Gasteiger partial charge in [-0.25, -0.2) is 13.5 Å². The van der Waals surface area contributed by atoms with Crippen LogP contribution in [-0.4, -0.2) is 32.2 Å². The zero-order valence-corrected chi connectivity index (χ0v) is 13.1. The zero-order chi connectivity index (χ0) is 17.8. The average molecular weight is 345 g/mol. The molecule has 25 heavy (non-hydrogen) atoms. The Morgan fingerprint density at radius 2 is 1.92 bits per heavy atom. The van der Waals surface area contributed by atoms with Crippen LogP contribution in [0.15, 0.2) is 48.8 Å². The van der Waals surface area contributed by atoms with E-state index in [0.29, 0.717) is 5.75 Å². The van der Waals surface area contributed by atoms with Crippen LogP contribution in [-0.2, 0) is 4.79 Å². The van der Waals surface area contributed by atoms with E-state index in [4.69, 9.17) is 4.74 Å². The van der Waals surface area contributed by atoms with Crippen molar-refractivity contribution < 1.29 is 18.3 Å². The summed E-state index contributed by atoms with van der Waals surface area (Å²) in [5.74, 6) is -2.05. The first kappa shape index (κ1) is 16.5. The maximum absolute atomic E-state index is 13.2. The number of nitrogens with one attached hydrogen (secondary N) is 1. The van der Waals surface area contributed by atoms with Gasteiger partial charge in [-0.05, 0) is 53.7 Å². The van der Waals surface area contributed by atoms with Crippen molar-refractivity contribution in [2.75, 3.05) is 5.32 Å². The van der Waals surface area contributed by atoms with Gasteiger partial charge in [0.05, 0.1) is 5.69 Å². The third-order valence-corrected chi connectivity index (χ3v) is 3.32. The van der Waals surface area contributed by atoms with Crippen molar-refractivity contribution >= 4 is 11.6 Å². The van der Waals surface area contributed by atoms with Crippen molar-refractivity contribution in [3.63, 3.8) is 0 Å². The third kappa shape index (κ3) is 3.94. The molecule has 0 spiro atoms. The van der Waals surface area contributed by atoms with Gasteiger partial charge < -0.3 is 10.1 Å². The SMILES string of the molecule is CC(Oc1ccc(-n2cnnn2)cc1)C(=O)Nc1ccc(F)c(F)c1. The summed E-state index contributed by atoms with van der Waals surface area (Å²) >= 11 is 0. The molecule has 2 aromatic carbocycles. The minimum absolute atomic E-state index is 0.147. The Balaban J connectivity index is 1.62. The van der Waals surface area contributed by atoms with E-state index >= 15 is 0 Å². The molecular formula is C16H13F2N5O2. The van der Waals surface area contributed by atoms with Gasteiger partial charge >= 0.3 is 0 Å². The number of hydrogen-bond acceptors (Lipinski definition) is 5. The molecule has 7 nitrogen and oxygen atoms in total. The molecule has 0 bridgehead atoms. The van der Waals surface area contributed by atoms with Crippen LogP contribution >= 0.6 is 0 Å². The first-order valence-corrected chi connectivity index (χ1v) is 7.29. The van der Waals surface area contributed by atoms with Gasteiger partial charge in [-0.15, -0.1) is 5.10 Å². The van der Waals surface area contributed by atoms with Crippen molar-refractivity contribution in [3.8, 4) is 11.4 Å². The molecule has 1 unspecified atom stereocenters.